The molecular weight excluding hydrogens is 284 g/mol. The minimum absolute atomic E-state index is 0.0792. The number of nitrogens with zero attached hydrogens (tertiary/aromatic N) is 4. The zero-order valence-corrected chi connectivity index (χ0v) is 11.9. The first-order chi connectivity index (χ1) is 9.20. The van der Waals surface area contributed by atoms with Crippen molar-refractivity contribution in [2.24, 2.45) is 0 Å². The Morgan fingerprint density at radius 2 is 2.26 bits per heavy atom. The number of ether oxygens (including phenoxy) is 1. The SMILES string of the molecule is COc1nscc1Cn1cnc2snc(C)c2c1=O. The zero-order valence-electron chi connectivity index (χ0n) is 10.3. The molecule has 0 saturated heterocycles. The van der Waals surface area contributed by atoms with E-state index in [0.29, 0.717) is 22.6 Å². The Bertz CT molecular complexity index is 789. The van der Waals surface area contributed by atoms with Gasteiger partial charge in [0.2, 0.25) is 5.88 Å². The molecule has 0 fully saturated rings. The molecular formula is C11H10N4O2S2. The van der Waals surface area contributed by atoms with Gasteiger partial charge in [0.15, 0.2) is 4.83 Å². The van der Waals surface area contributed by atoms with E-state index < -0.39 is 0 Å². The van der Waals surface area contributed by atoms with Crippen LogP contribution in [0.4, 0.5) is 0 Å². The van der Waals surface area contributed by atoms with Crippen molar-refractivity contribution in [3.63, 3.8) is 0 Å². The molecule has 0 aliphatic rings. The largest absolute Gasteiger partial charge is 0.480 e. The Morgan fingerprint density at radius 3 is 3.05 bits per heavy atom. The number of fused-ring (bicyclic) bond motifs is 1. The van der Waals surface area contributed by atoms with Gasteiger partial charge in [-0.05, 0) is 30.0 Å². The molecule has 0 amide bonds. The summed E-state index contributed by atoms with van der Waals surface area (Å²) in [5, 5.41) is 2.46. The second-order valence-electron chi connectivity index (χ2n) is 3.97. The first-order valence-electron chi connectivity index (χ1n) is 5.49. The van der Waals surface area contributed by atoms with Gasteiger partial charge in [0.1, 0.15) is 0 Å². The predicted molar refractivity (Wildman–Crippen MR) is 74.2 cm³/mol. The summed E-state index contributed by atoms with van der Waals surface area (Å²) >= 11 is 2.55. The smallest absolute Gasteiger partial charge is 0.264 e. The van der Waals surface area contributed by atoms with Crippen LogP contribution in [-0.2, 0) is 6.54 Å². The van der Waals surface area contributed by atoms with Crippen LogP contribution in [0.5, 0.6) is 5.88 Å². The molecule has 0 atom stereocenters. The minimum Gasteiger partial charge on any atom is -0.480 e. The van der Waals surface area contributed by atoms with E-state index in [4.69, 9.17) is 4.74 Å². The molecule has 0 saturated carbocycles. The Morgan fingerprint density at radius 1 is 1.42 bits per heavy atom. The third-order valence-corrected chi connectivity index (χ3v) is 4.28. The third kappa shape index (κ3) is 2.02. The topological polar surface area (TPSA) is 69.9 Å². The Hall–Kier alpha value is -1.80. The van der Waals surface area contributed by atoms with E-state index in [1.165, 1.54) is 23.1 Å². The van der Waals surface area contributed by atoms with Crippen molar-refractivity contribution in [2.75, 3.05) is 7.11 Å². The second kappa shape index (κ2) is 4.71. The number of methoxy groups -OCH3 is 1. The summed E-state index contributed by atoms with van der Waals surface area (Å²) < 4.78 is 15.0. The van der Waals surface area contributed by atoms with Gasteiger partial charge >= 0.3 is 0 Å². The molecule has 0 aromatic carbocycles. The molecule has 0 spiro atoms. The molecule has 19 heavy (non-hydrogen) atoms. The summed E-state index contributed by atoms with van der Waals surface area (Å²) in [4.78, 5) is 17.3. The van der Waals surface area contributed by atoms with Gasteiger partial charge in [-0.3, -0.25) is 9.36 Å². The molecule has 0 bridgehead atoms. The summed E-state index contributed by atoms with van der Waals surface area (Å²) in [6.45, 7) is 2.22. The summed E-state index contributed by atoms with van der Waals surface area (Å²) in [6, 6.07) is 0. The molecule has 3 rings (SSSR count). The minimum atomic E-state index is -0.0792. The Balaban J connectivity index is 2.09. The van der Waals surface area contributed by atoms with E-state index in [1.807, 2.05) is 12.3 Å². The fourth-order valence-electron chi connectivity index (χ4n) is 1.83. The van der Waals surface area contributed by atoms with E-state index >= 15 is 0 Å². The van der Waals surface area contributed by atoms with E-state index in [9.17, 15) is 4.79 Å². The van der Waals surface area contributed by atoms with Crippen molar-refractivity contribution in [1.29, 1.82) is 0 Å². The van der Waals surface area contributed by atoms with Crippen LogP contribution >= 0.6 is 23.1 Å². The molecule has 0 N–H and O–H groups in total. The highest BCUT2D eigenvalue weighted by atomic mass is 32.1. The second-order valence-corrected chi connectivity index (χ2v) is 5.36. The van der Waals surface area contributed by atoms with Gasteiger partial charge < -0.3 is 4.74 Å². The summed E-state index contributed by atoms with van der Waals surface area (Å²) in [7, 11) is 1.57. The predicted octanol–water partition coefficient (Wildman–Crippen LogP) is 1.67. The number of hydrogen-bond donors (Lipinski definition) is 0. The maximum Gasteiger partial charge on any atom is 0.264 e. The van der Waals surface area contributed by atoms with Crippen LogP contribution < -0.4 is 10.3 Å². The lowest BCUT2D eigenvalue weighted by molar-refractivity contribution is 0.396. The van der Waals surface area contributed by atoms with E-state index in [1.54, 1.807) is 18.0 Å². The molecule has 0 aliphatic carbocycles. The lowest BCUT2D eigenvalue weighted by Gasteiger charge is -2.04. The molecule has 3 aromatic heterocycles. The van der Waals surface area contributed by atoms with E-state index in [0.717, 1.165) is 11.3 Å². The molecule has 6 nitrogen and oxygen atoms in total. The number of aryl methyl sites for hydroxylation is 1. The fourth-order valence-corrected chi connectivity index (χ4v) is 3.20. The average molecular weight is 294 g/mol. The lowest BCUT2D eigenvalue weighted by atomic mass is 10.3. The number of rotatable bonds is 3. The summed E-state index contributed by atoms with van der Waals surface area (Å²) in [5.74, 6) is 0.553. The molecule has 98 valence electrons. The highest BCUT2D eigenvalue weighted by Crippen LogP contribution is 2.20. The van der Waals surface area contributed by atoms with Crippen LogP contribution in [0.1, 0.15) is 11.3 Å². The highest BCUT2D eigenvalue weighted by molar-refractivity contribution is 7.12. The van der Waals surface area contributed by atoms with Gasteiger partial charge in [0.25, 0.3) is 5.56 Å². The normalized spacial score (nSPS) is 11.1. The monoisotopic (exact) mass is 294 g/mol. The first kappa shape index (κ1) is 12.2. The zero-order chi connectivity index (χ0) is 13.4. The van der Waals surface area contributed by atoms with Crippen molar-refractivity contribution < 1.29 is 4.74 Å². The first-order valence-corrected chi connectivity index (χ1v) is 7.10. The van der Waals surface area contributed by atoms with Crippen LogP contribution in [0, 0.1) is 6.92 Å². The number of aromatic nitrogens is 4. The molecule has 3 aromatic rings. The van der Waals surface area contributed by atoms with Crippen molar-refractivity contribution in [3.8, 4) is 5.88 Å². The average Bonchev–Trinajstić information content (AvgIpc) is 3.00. The van der Waals surface area contributed by atoms with Crippen LogP contribution in [-0.4, -0.2) is 25.4 Å². The van der Waals surface area contributed by atoms with Gasteiger partial charge in [-0.1, -0.05) is 0 Å². The van der Waals surface area contributed by atoms with Crippen LogP contribution in [0.3, 0.4) is 0 Å². The van der Waals surface area contributed by atoms with Crippen molar-refractivity contribution in [3.05, 3.63) is 33.3 Å². The van der Waals surface area contributed by atoms with Crippen molar-refractivity contribution >= 4 is 33.3 Å². The van der Waals surface area contributed by atoms with Gasteiger partial charge in [-0.25, -0.2) is 4.98 Å². The van der Waals surface area contributed by atoms with E-state index in [-0.39, 0.29) is 5.56 Å². The van der Waals surface area contributed by atoms with Crippen molar-refractivity contribution in [1.82, 2.24) is 18.3 Å². The molecule has 0 aliphatic heterocycles. The van der Waals surface area contributed by atoms with Crippen LogP contribution in [0.2, 0.25) is 0 Å². The van der Waals surface area contributed by atoms with E-state index in [2.05, 4.69) is 13.7 Å². The molecule has 8 heteroatoms. The standard InChI is InChI=1S/C11H10N4O2S2/c1-6-8-10(19-13-6)12-5-15(11(8)16)3-7-4-18-14-9(7)17-2/h4-5H,3H2,1-2H3. The van der Waals surface area contributed by atoms with Crippen molar-refractivity contribution in [2.45, 2.75) is 13.5 Å². The van der Waals surface area contributed by atoms with Gasteiger partial charge in [0.05, 0.1) is 31.1 Å². The summed E-state index contributed by atoms with van der Waals surface area (Å²) in [6.07, 6.45) is 1.54. The Labute approximate surface area is 116 Å². The molecule has 0 unspecified atom stereocenters. The van der Waals surface area contributed by atoms with Gasteiger partial charge in [0, 0.05) is 10.9 Å². The fraction of sp³-hybridized carbons (Fsp3) is 0.273. The molecule has 3 heterocycles. The highest BCUT2D eigenvalue weighted by Gasteiger charge is 2.12. The number of hydrogen-bond acceptors (Lipinski definition) is 7. The maximum absolute atomic E-state index is 12.4. The quantitative estimate of drug-likeness (QED) is 0.735. The third-order valence-electron chi connectivity index (χ3n) is 2.77. The van der Waals surface area contributed by atoms with Gasteiger partial charge in [-0.2, -0.15) is 8.75 Å². The summed E-state index contributed by atoms with van der Waals surface area (Å²) in [5.41, 5.74) is 1.52. The van der Waals surface area contributed by atoms with Crippen LogP contribution in [0.15, 0.2) is 16.5 Å². The maximum atomic E-state index is 12.4. The van der Waals surface area contributed by atoms with Gasteiger partial charge in [-0.15, -0.1) is 0 Å². The van der Waals surface area contributed by atoms with Crippen LogP contribution in [0.25, 0.3) is 10.2 Å². The lowest BCUT2D eigenvalue weighted by Crippen LogP contribution is -2.21. The molecule has 0 radical (unpaired) electrons. The Kier molecular flexibility index (Phi) is 3.03.